The third kappa shape index (κ3) is 1.97. The maximum absolute atomic E-state index is 10.4. The second-order valence-corrected chi connectivity index (χ2v) is 3.88. The third-order valence-corrected chi connectivity index (χ3v) is 2.65. The van der Waals surface area contributed by atoms with Crippen LogP contribution in [0.4, 0.5) is 5.95 Å². The van der Waals surface area contributed by atoms with Gasteiger partial charge in [-0.3, -0.25) is 4.79 Å². The molecule has 1 fully saturated rings. The quantitative estimate of drug-likeness (QED) is 0.697. The monoisotopic (exact) mass is 207 g/mol. The molecule has 0 radical (unpaired) electrons. The van der Waals surface area contributed by atoms with Gasteiger partial charge in [0.2, 0.25) is 5.95 Å². The second-order valence-electron chi connectivity index (χ2n) is 3.88. The Morgan fingerprint density at radius 2 is 2.13 bits per heavy atom. The van der Waals surface area contributed by atoms with Crippen molar-refractivity contribution in [2.45, 2.75) is 13.0 Å². The van der Waals surface area contributed by atoms with Crippen molar-refractivity contribution in [2.24, 2.45) is 5.92 Å². The van der Waals surface area contributed by atoms with Crippen LogP contribution in [0, 0.1) is 5.92 Å². The highest BCUT2D eigenvalue weighted by molar-refractivity contribution is 5.73. The predicted octanol–water partition coefficient (Wildman–Crippen LogP) is 0.106. The van der Waals surface area contributed by atoms with Gasteiger partial charge in [-0.05, 0) is 0 Å². The minimum atomic E-state index is -0.320. The molecule has 80 valence electrons. The molecule has 1 aliphatic rings. The molecule has 2 rings (SSSR count). The van der Waals surface area contributed by atoms with Crippen molar-refractivity contribution in [1.82, 2.24) is 9.97 Å². The number of carbonyl (C=O) groups excluding carboxylic acids is 1. The van der Waals surface area contributed by atoms with E-state index in [1.165, 1.54) is 12.4 Å². The van der Waals surface area contributed by atoms with Gasteiger partial charge in [-0.15, -0.1) is 0 Å². The molecule has 15 heavy (non-hydrogen) atoms. The Labute approximate surface area is 87.8 Å². The van der Waals surface area contributed by atoms with Gasteiger partial charge in [0.15, 0.2) is 6.29 Å². The molecule has 2 heterocycles. The first-order chi connectivity index (χ1) is 7.20. The van der Waals surface area contributed by atoms with E-state index in [0.717, 1.165) is 6.54 Å². The zero-order valence-electron chi connectivity index (χ0n) is 8.50. The van der Waals surface area contributed by atoms with Crippen molar-refractivity contribution in [2.75, 3.05) is 18.0 Å². The number of aldehydes is 1. The number of hydrogen-bond donors (Lipinski definition) is 1. The molecule has 1 aliphatic heterocycles. The average Bonchev–Trinajstić information content (AvgIpc) is 2.59. The highest BCUT2D eigenvalue weighted by Crippen LogP contribution is 2.20. The number of hydrogen-bond acceptors (Lipinski definition) is 5. The van der Waals surface area contributed by atoms with Gasteiger partial charge in [0.25, 0.3) is 0 Å². The third-order valence-electron chi connectivity index (χ3n) is 2.65. The Kier molecular flexibility index (Phi) is 2.64. The fourth-order valence-corrected chi connectivity index (χ4v) is 1.67. The van der Waals surface area contributed by atoms with E-state index in [1.54, 1.807) is 0 Å². The molecule has 5 heteroatoms. The normalized spacial score (nSPS) is 25.6. The summed E-state index contributed by atoms with van der Waals surface area (Å²) in [5.41, 5.74) is 0.464. The van der Waals surface area contributed by atoms with E-state index in [-0.39, 0.29) is 12.0 Å². The number of β-amino-alcohol motifs (C(OH)–C–C–N with tert-alkyl or cyclic N) is 1. The summed E-state index contributed by atoms with van der Waals surface area (Å²) in [6.07, 6.45) is 3.38. The average molecular weight is 207 g/mol. The first kappa shape index (κ1) is 10.0. The summed E-state index contributed by atoms with van der Waals surface area (Å²) >= 11 is 0. The summed E-state index contributed by atoms with van der Waals surface area (Å²) in [5.74, 6) is 0.809. The molecule has 5 nitrogen and oxygen atoms in total. The van der Waals surface area contributed by atoms with Crippen molar-refractivity contribution < 1.29 is 9.90 Å². The Balaban J connectivity index is 2.13. The molecule has 1 saturated heterocycles. The molecule has 0 saturated carbocycles. The number of nitrogens with zero attached hydrogens (tertiary/aromatic N) is 3. The zero-order valence-corrected chi connectivity index (χ0v) is 8.50. The summed E-state index contributed by atoms with van der Waals surface area (Å²) in [6.45, 7) is 3.30. The van der Waals surface area contributed by atoms with Crippen LogP contribution in [-0.4, -0.2) is 40.6 Å². The van der Waals surface area contributed by atoms with Gasteiger partial charge in [-0.1, -0.05) is 6.92 Å². The molecule has 1 N–H and O–H groups in total. The summed E-state index contributed by atoms with van der Waals surface area (Å²) in [7, 11) is 0. The van der Waals surface area contributed by atoms with Crippen molar-refractivity contribution in [3.8, 4) is 0 Å². The van der Waals surface area contributed by atoms with Crippen LogP contribution in [0.25, 0.3) is 0 Å². The summed E-state index contributed by atoms with van der Waals surface area (Å²) in [6, 6.07) is 0. The van der Waals surface area contributed by atoms with E-state index in [2.05, 4.69) is 9.97 Å². The zero-order chi connectivity index (χ0) is 10.8. The fraction of sp³-hybridized carbons (Fsp3) is 0.500. The second kappa shape index (κ2) is 3.94. The summed E-state index contributed by atoms with van der Waals surface area (Å²) in [4.78, 5) is 20.5. The van der Waals surface area contributed by atoms with E-state index in [4.69, 9.17) is 0 Å². The highest BCUT2D eigenvalue weighted by Gasteiger charge is 2.29. The number of rotatable bonds is 2. The Hall–Kier alpha value is -1.49. The van der Waals surface area contributed by atoms with Crippen LogP contribution in [0.15, 0.2) is 12.4 Å². The minimum absolute atomic E-state index is 0.236. The van der Waals surface area contributed by atoms with Gasteiger partial charge in [-0.2, -0.15) is 0 Å². The molecule has 2 atom stereocenters. The van der Waals surface area contributed by atoms with Gasteiger partial charge in [0.1, 0.15) is 0 Å². The van der Waals surface area contributed by atoms with Crippen LogP contribution in [0.3, 0.4) is 0 Å². The maximum Gasteiger partial charge on any atom is 0.225 e. The lowest BCUT2D eigenvalue weighted by Gasteiger charge is -2.14. The highest BCUT2D eigenvalue weighted by atomic mass is 16.3. The van der Waals surface area contributed by atoms with E-state index >= 15 is 0 Å². The van der Waals surface area contributed by atoms with E-state index in [0.29, 0.717) is 24.3 Å². The number of anilines is 1. The van der Waals surface area contributed by atoms with Crippen LogP contribution in [0.2, 0.25) is 0 Å². The van der Waals surface area contributed by atoms with Gasteiger partial charge >= 0.3 is 0 Å². The first-order valence-electron chi connectivity index (χ1n) is 4.91. The van der Waals surface area contributed by atoms with Crippen LogP contribution in [0.5, 0.6) is 0 Å². The number of aliphatic hydroxyl groups excluding tert-OH is 1. The molecule has 0 bridgehead atoms. The molecule has 0 aromatic carbocycles. The van der Waals surface area contributed by atoms with Crippen LogP contribution in [-0.2, 0) is 0 Å². The molecular weight excluding hydrogens is 194 g/mol. The summed E-state index contributed by atoms with van der Waals surface area (Å²) in [5, 5.41) is 9.58. The van der Waals surface area contributed by atoms with Crippen LogP contribution < -0.4 is 4.90 Å². The van der Waals surface area contributed by atoms with Crippen molar-refractivity contribution >= 4 is 12.2 Å². The van der Waals surface area contributed by atoms with Crippen molar-refractivity contribution in [1.29, 1.82) is 0 Å². The number of aromatic nitrogens is 2. The smallest absolute Gasteiger partial charge is 0.225 e. The molecule has 1 aromatic rings. The lowest BCUT2D eigenvalue weighted by atomic mass is 10.1. The standard InChI is InChI=1S/C10H13N3O2/c1-7-4-13(5-9(7)15)10-11-2-8(6-14)3-12-10/h2-3,6-7,9,15H,4-5H2,1H3. The van der Waals surface area contributed by atoms with E-state index in [9.17, 15) is 9.90 Å². The topological polar surface area (TPSA) is 66.3 Å². The lowest BCUT2D eigenvalue weighted by molar-refractivity contribution is 0.112. The van der Waals surface area contributed by atoms with Crippen molar-refractivity contribution in [3.05, 3.63) is 18.0 Å². The van der Waals surface area contributed by atoms with E-state index < -0.39 is 0 Å². The molecular formula is C10H13N3O2. The van der Waals surface area contributed by atoms with Gasteiger partial charge in [0.05, 0.1) is 11.7 Å². The fourth-order valence-electron chi connectivity index (χ4n) is 1.67. The largest absolute Gasteiger partial charge is 0.391 e. The number of aliphatic hydroxyl groups is 1. The van der Waals surface area contributed by atoms with E-state index in [1.807, 2.05) is 11.8 Å². The van der Waals surface area contributed by atoms with Crippen molar-refractivity contribution in [3.63, 3.8) is 0 Å². The molecule has 0 spiro atoms. The Morgan fingerprint density at radius 1 is 1.47 bits per heavy atom. The molecule has 0 amide bonds. The van der Waals surface area contributed by atoms with Gasteiger partial charge in [0, 0.05) is 31.4 Å². The lowest BCUT2D eigenvalue weighted by Crippen LogP contribution is -2.23. The maximum atomic E-state index is 10.4. The van der Waals surface area contributed by atoms with Crippen LogP contribution >= 0.6 is 0 Å². The molecule has 1 aromatic heterocycles. The summed E-state index contributed by atoms with van der Waals surface area (Å²) < 4.78 is 0. The predicted molar refractivity (Wildman–Crippen MR) is 54.8 cm³/mol. The molecule has 0 aliphatic carbocycles. The SMILES string of the molecule is CC1CN(c2ncc(C=O)cn2)CC1O. The number of carbonyl (C=O) groups is 1. The van der Waals surface area contributed by atoms with Gasteiger partial charge in [-0.25, -0.2) is 9.97 Å². The Morgan fingerprint density at radius 3 is 2.60 bits per heavy atom. The Bertz CT molecular complexity index is 342. The minimum Gasteiger partial charge on any atom is -0.391 e. The van der Waals surface area contributed by atoms with Crippen LogP contribution in [0.1, 0.15) is 17.3 Å². The van der Waals surface area contributed by atoms with Gasteiger partial charge < -0.3 is 10.0 Å². The molecule has 2 unspecified atom stereocenters. The first-order valence-corrected chi connectivity index (χ1v) is 4.91.